The lowest BCUT2D eigenvalue weighted by atomic mass is 10.0. The Morgan fingerprint density at radius 1 is 0.773 bits per heavy atom. The maximum Gasteiger partial charge on any atom is 0.123 e. The minimum Gasteiger partial charge on any atom is -0.369 e. The normalized spacial score (nSPS) is 25.6. The van der Waals surface area contributed by atoms with Crippen LogP contribution in [0, 0.1) is 5.82 Å². The Morgan fingerprint density at radius 2 is 1.41 bits per heavy atom. The van der Waals surface area contributed by atoms with Crippen LogP contribution in [0.15, 0.2) is 24.3 Å². The minimum absolute atomic E-state index is 0.149. The molecule has 22 heavy (non-hydrogen) atoms. The van der Waals surface area contributed by atoms with Crippen molar-refractivity contribution in [3.05, 3.63) is 30.1 Å². The molecule has 0 N–H and O–H groups in total. The lowest BCUT2D eigenvalue weighted by Gasteiger charge is -2.50. The summed E-state index contributed by atoms with van der Waals surface area (Å²) in [5, 5.41) is 0. The molecule has 0 radical (unpaired) electrons. The summed E-state index contributed by atoms with van der Waals surface area (Å²) in [4.78, 5) is 7.73. The molecule has 0 spiro atoms. The van der Waals surface area contributed by atoms with Crippen LogP contribution in [-0.2, 0) is 0 Å². The van der Waals surface area contributed by atoms with Crippen molar-refractivity contribution in [3.63, 3.8) is 0 Å². The van der Waals surface area contributed by atoms with Crippen molar-refractivity contribution >= 4 is 5.69 Å². The van der Waals surface area contributed by atoms with Crippen molar-refractivity contribution in [1.82, 2.24) is 9.80 Å². The molecule has 2 saturated heterocycles. The molecule has 2 heterocycles. The summed E-state index contributed by atoms with van der Waals surface area (Å²) < 4.78 is 13.0. The number of hydrogen-bond donors (Lipinski definition) is 0. The van der Waals surface area contributed by atoms with Crippen LogP contribution in [0.25, 0.3) is 0 Å². The van der Waals surface area contributed by atoms with Crippen LogP contribution in [0.1, 0.15) is 25.7 Å². The number of anilines is 1. The molecule has 1 aliphatic carbocycles. The molecule has 0 atom stereocenters. The SMILES string of the molecule is Fc1ccc(N2CCN(C3CN(C4CCCC4)C3)CC2)cc1. The van der Waals surface area contributed by atoms with E-state index in [0.717, 1.165) is 44.0 Å². The molecule has 0 bridgehead atoms. The van der Waals surface area contributed by atoms with Gasteiger partial charge in [0.05, 0.1) is 0 Å². The van der Waals surface area contributed by atoms with Gasteiger partial charge in [0.2, 0.25) is 0 Å². The third-order valence-corrected chi connectivity index (χ3v) is 5.75. The second kappa shape index (κ2) is 6.17. The van der Waals surface area contributed by atoms with E-state index in [0.29, 0.717) is 0 Å². The van der Waals surface area contributed by atoms with E-state index in [9.17, 15) is 4.39 Å². The molecule has 1 aromatic carbocycles. The third kappa shape index (κ3) is 2.86. The van der Waals surface area contributed by atoms with Crippen molar-refractivity contribution in [3.8, 4) is 0 Å². The summed E-state index contributed by atoms with van der Waals surface area (Å²) in [6.07, 6.45) is 5.71. The van der Waals surface area contributed by atoms with Crippen LogP contribution in [0.5, 0.6) is 0 Å². The Kier molecular flexibility index (Phi) is 4.05. The molecule has 0 aromatic heterocycles. The molecule has 120 valence electrons. The van der Waals surface area contributed by atoms with Gasteiger partial charge in [0.15, 0.2) is 0 Å². The van der Waals surface area contributed by atoms with E-state index in [2.05, 4.69) is 14.7 Å². The second-order valence-corrected chi connectivity index (χ2v) is 7.05. The zero-order valence-corrected chi connectivity index (χ0v) is 13.3. The maximum absolute atomic E-state index is 13.0. The first kappa shape index (κ1) is 14.5. The van der Waals surface area contributed by atoms with Gasteiger partial charge in [0.25, 0.3) is 0 Å². The second-order valence-electron chi connectivity index (χ2n) is 7.05. The number of nitrogens with zero attached hydrogens (tertiary/aromatic N) is 3. The van der Waals surface area contributed by atoms with Crippen LogP contribution >= 0.6 is 0 Å². The molecular formula is C18H26FN3. The lowest BCUT2D eigenvalue weighted by Crippen LogP contribution is -2.64. The quantitative estimate of drug-likeness (QED) is 0.850. The Morgan fingerprint density at radius 3 is 2.05 bits per heavy atom. The molecule has 0 unspecified atom stereocenters. The number of rotatable bonds is 3. The Hall–Kier alpha value is -1.13. The fourth-order valence-electron chi connectivity index (χ4n) is 4.28. The summed E-state index contributed by atoms with van der Waals surface area (Å²) in [6.45, 7) is 6.96. The predicted octanol–water partition coefficient (Wildman–Crippen LogP) is 2.57. The van der Waals surface area contributed by atoms with Crippen molar-refractivity contribution < 1.29 is 4.39 Å². The van der Waals surface area contributed by atoms with Gasteiger partial charge in [-0.2, -0.15) is 0 Å². The monoisotopic (exact) mass is 303 g/mol. The molecular weight excluding hydrogens is 277 g/mol. The number of likely N-dealkylation sites (tertiary alicyclic amines) is 1. The van der Waals surface area contributed by atoms with Crippen molar-refractivity contribution in [2.24, 2.45) is 0 Å². The fourth-order valence-corrected chi connectivity index (χ4v) is 4.28. The summed E-state index contributed by atoms with van der Waals surface area (Å²) in [5.74, 6) is -0.149. The Labute approximate surface area is 132 Å². The number of piperazine rings is 1. The van der Waals surface area contributed by atoms with E-state index in [4.69, 9.17) is 0 Å². The van der Waals surface area contributed by atoms with E-state index in [1.807, 2.05) is 12.1 Å². The van der Waals surface area contributed by atoms with Crippen LogP contribution in [0.4, 0.5) is 10.1 Å². The highest BCUT2D eigenvalue weighted by Gasteiger charge is 2.37. The van der Waals surface area contributed by atoms with Gasteiger partial charge in [-0.15, -0.1) is 0 Å². The number of benzene rings is 1. The smallest absolute Gasteiger partial charge is 0.123 e. The fraction of sp³-hybridized carbons (Fsp3) is 0.667. The molecule has 1 aromatic rings. The minimum atomic E-state index is -0.149. The highest BCUT2D eigenvalue weighted by molar-refractivity contribution is 5.46. The Bertz CT molecular complexity index is 484. The largest absolute Gasteiger partial charge is 0.369 e. The van der Waals surface area contributed by atoms with Gasteiger partial charge in [-0.1, -0.05) is 12.8 Å². The van der Waals surface area contributed by atoms with Gasteiger partial charge in [0, 0.05) is 57.0 Å². The van der Waals surface area contributed by atoms with Crippen LogP contribution in [0.3, 0.4) is 0 Å². The maximum atomic E-state index is 13.0. The highest BCUT2D eigenvalue weighted by atomic mass is 19.1. The van der Waals surface area contributed by atoms with Crippen molar-refractivity contribution in [2.45, 2.75) is 37.8 Å². The molecule has 3 fully saturated rings. The van der Waals surface area contributed by atoms with Gasteiger partial charge in [-0.05, 0) is 37.1 Å². The topological polar surface area (TPSA) is 9.72 Å². The van der Waals surface area contributed by atoms with E-state index >= 15 is 0 Å². The van der Waals surface area contributed by atoms with Crippen molar-refractivity contribution in [2.75, 3.05) is 44.2 Å². The van der Waals surface area contributed by atoms with Gasteiger partial charge in [-0.25, -0.2) is 4.39 Å². The molecule has 0 amide bonds. The van der Waals surface area contributed by atoms with Gasteiger partial charge >= 0.3 is 0 Å². The average Bonchev–Trinajstić information content (AvgIpc) is 3.01. The zero-order valence-electron chi connectivity index (χ0n) is 13.3. The van der Waals surface area contributed by atoms with E-state index in [-0.39, 0.29) is 5.82 Å². The standard InChI is InChI=1S/C18H26FN3/c19-15-5-7-17(8-6-15)20-9-11-21(12-10-20)18-13-22(14-18)16-3-1-2-4-16/h5-8,16,18H,1-4,9-14H2. The first-order valence-electron chi connectivity index (χ1n) is 8.78. The first-order chi connectivity index (χ1) is 10.8. The van der Waals surface area contributed by atoms with E-state index in [1.54, 1.807) is 12.1 Å². The highest BCUT2D eigenvalue weighted by Crippen LogP contribution is 2.29. The van der Waals surface area contributed by atoms with Gasteiger partial charge in [-0.3, -0.25) is 9.80 Å². The predicted molar refractivity (Wildman–Crippen MR) is 87.8 cm³/mol. The molecule has 4 heteroatoms. The third-order valence-electron chi connectivity index (χ3n) is 5.75. The van der Waals surface area contributed by atoms with Crippen LogP contribution in [0.2, 0.25) is 0 Å². The van der Waals surface area contributed by atoms with Crippen molar-refractivity contribution in [1.29, 1.82) is 0 Å². The first-order valence-corrected chi connectivity index (χ1v) is 8.78. The van der Waals surface area contributed by atoms with Gasteiger partial charge in [0.1, 0.15) is 5.82 Å². The average molecular weight is 303 g/mol. The molecule has 3 nitrogen and oxygen atoms in total. The van der Waals surface area contributed by atoms with Crippen LogP contribution in [-0.4, -0.2) is 61.2 Å². The summed E-state index contributed by atoms with van der Waals surface area (Å²) >= 11 is 0. The van der Waals surface area contributed by atoms with E-state index < -0.39 is 0 Å². The molecule has 4 rings (SSSR count). The summed E-state index contributed by atoms with van der Waals surface area (Å²) in [5.41, 5.74) is 1.15. The molecule has 3 aliphatic rings. The van der Waals surface area contributed by atoms with Crippen LogP contribution < -0.4 is 4.90 Å². The summed E-state index contributed by atoms with van der Waals surface area (Å²) in [7, 11) is 0. The summed E-state index contributed by atoms with van der Waals surface area (Å²) in [6, 6.07) is 8.58. The van der Waals surface area contributed by atoms with E-state index in [1.165, 1.54) is 38.8 Å². The number of halogens is 1. The zero-order chi connectivity index (χ0) is 14.9. The Balaban J connectivity index is 1.25. The molecule has 2 aliphatic heterocycles. The lowest BCUT2D eigenvalue weighted by molar-refractivity contribution is 0.00394. The van der Waals surface area contributed by atoms with Gasteiger partial charge < -0.3 is 4.90 Å². The molecule has 1 saturated carbocycles. The number of hydrogen-bond acceptors (Lipinski definition) is 3.